The van der Waals surface area contributed by atoms with Crippen molar-refractivity contribution in [2.75, 3.05) is 17.7 Å². The number of aromatic nitrogens is 6. The number of nitrogens with two attached hydrogens (primary N) is 1. The number of nitrogens with zero attached hydrogens (tertiary/aromatic N) is 5. The molecule has 0 saturated carbocycles. The van der Waals surface area contributed by atoms with E-state index in [1.165, 1.54) is 6.33 Å². The summed E-state index contributed by atoms with van der Waals surface area (Å²) >= 11 is 0. The molecule has 0 bridgehead atoms. The van der Waals surface area contributed by atoms with E-state index in [0.717, 1.165) is 5.56 Å². The molecule has 0 aliphatic carbocycles. The number of nitrogen functional groups attached to an aromatic ring is 1. The number of imidazole rings is 1. The molecule has 0 amide bonds. The average Bonchev–Trinajstić information content (AvgIpc) is 3.28. The van der Waals surface area contributed by atoms with Crippen molar-refractivity contribution in [2.45, 2.75) is 26.8 Å². The molecule has 0 saturated heterocycles. The highest BCUT2D eigenvalue weighted by Crippen LogP contribution is 2.26. The molecule has 10 heteroatoms. The van der Waals surface area contributed by atoms with Gasteiger partial charge in [-0.3, -0.25) is 9.36 Å². The van der Waals surface area contributed by atoms with Crippen LogP contribution in [0.3, 0.4) is 0 Å². The van der Waals surface area contributed by atoms with Gasteiger partial charge in [-0.15, -0.1) is 0 Å². The Morgan fingerprint density at radius 1 is 1.18 bits per heavy atom. The Labute approximate surface area is 194 Å². The summed E-state index contributed by atoms with van der Waals surface area (Å²) < 4.78 is 7.29. The second-order valence-corrected chi connectivity index (χ2v) is 7.91. The van der Waals surface area contributed by atoms with Crippen LogP contribution in [0.5, 0.6) is 5.75 Å². The van der Waals surface area contributed by atoms with Crippen LogP contribution >= 0.6 is 0 Å². The summed E-state index contributed by atoms with van der Waals surface area (Å²) in [5, 5.41) is 3.89. The topological polar surface area (TPSA) is 137 Å². The van der Waals surface area contributed by atoms with Crippen LogP contribution in [0.1, 0.15) is 31.3 Å². The summed E-state index contributed by atoms with van der Waals surface area (Å²) in [7, 11) is 0. The van der Waals surface area contributed by atoms with E-state index < -0.39 is 6.04 Å². The molecular weight excluding hydrogens is 432 g/mol. The zero-order valence-electron chi connectivity index (χ0n) is 19.0. The van der Waals surface area contributed by atoms with Gasteiger partial charge in [0.1, 0.15) is 17.1 Å². The van der Waals surface area contributed by atoms with Crippen LogP contribution in [0.25, 0.3) is 27.8 Å². The van der Waals surface area contributed by atoms with Crippen LogP contribution in [-0.2, 0) is 0 Å². The number of hydrogen-bond acceptors (Lipinski definition) is 8. The number of nitrogens with one attached hydrogen (secondary N) is 2. The van der Waals surface area contributed by atoms with E-state index in [4.69, 9.17) is 15.5 Å². The fourth-order valence-corrected chi connectivity index (χ4v) is 4.06. The number of ether oxygens (including phenoxy) is 1. The summed E-state index contributed by atoms with van der Waals surface area (Å²) in [6.07, 6.45) is 1.53. The first kappa shape index (κ1) is 21.4. The Morgan fingerprint density at radius 2 is 2.00 bits per heavy atom. The smallest absolute Gasteiger partial charge is 0.266 e. The molecule has 2 aromatic carbocycles. The maximum Gasteiger partial charge on any atom is 0.266 e. The number of hydrogen-bond donors (Lipinski definition) is 3. The van der Waals surface area contributed by atoms with E-state index in [-0.39, 0.29) is 11.5 Å². The van der Waals surface area contributed by atoms with E-state index in [0.29, 0.717) is 51.8 Å². The number of aromatic amines is 1. The summed E-state index contributed by atoms with van der Waals surface area (Å²) in [6, 6.07) is 12.6. The molecule has 4 N–H and O–H groups in total. The Balaban J connectivity index is 1.71. The predicted molar refractivity (Wildman–Crippen MR) is 131 cm³/mol. The van der Waals surface area contributed by atoms with Gasteiger partial charge >= 0.3 is 0 Å². The van der Waals surface area contributed by atoms with Crippen molar-refractivity contribution in [1.29, 1.82) is 0 Å². The van der Waals surface area contributed by atoms with Crippen molar-refractivity contribution in [3.63, 3.8) is 0 Å². The first-order valence-electron chi connectivity index (χ1n) is 10.9. The lowest BCUT2D eigenvalue weighted by atomic mass is 10.1. The molecule has 5 aromatic rings. The minimum Gasteiger partial charge on any atom is -0.494 e. The van der Waals surface area contributed by atoms with Crippen molar-refractivity contribution >= 4 is 33.8 Å². The third kappa shape index (κ3) is 3.68. The van der Waals surface area contributed by atoms with Crippen LogP contribution < -0.4 is 21.3 Å². The molecule has 10 nitrogen and oxygen atoms in total. The van der Waals surface area contributed by atoms with Crippen LogP contribution in [0.2, 0.25) is 0 Å². The fraction of sp³-hybridized carbons (Fsp3) is 0.208. The zero-order chi connectivity index (χ0) is 23.8. The second-order valence-electron chi connectivity index (χ2n) is 7.91. The van der Waals surface area contributed by atoms with Crippen LogP contribution in [-0.4, -0.2) is 36.1 Å². The minimum atomic E-state index is -0.428. The summed E-state index contributed by atoms with van der Waals surface area (Å²) in [6.45, 7) is 6.25. The van der Waals surface area contributed by atoms with E-state index in [9.17, 15) is 4.79 Å². The van der Waals surface area contributed by atoms with Gasteiger partial charge in [0.2, 0.25) is 5.95 Å². The lowest BCUT2D eigenvalue weighted by Gasteiger charge is -2.21. The molecular formula is C24H24N8O2. The Bertz CT molecular complexity index is 1570. The Morgan fingerprint density at radius 3 is 2.82 bits per heavy atom. The van der Waals surface area contributed by atoms with Crippen molar-refractivity contribution in [3.05, 3.63) is 70.5 Å². The van der Waals surface area contributed by atoms with Gasteiger partial charge < -0.3 is 20.8 Å². The third-order valence-corrected chi connectivity index (χ3v) is 5.56. The van der Waals surface area contributed by atoms with Crippen LogP contribution in [0.4, 0.5) is 11.8 Å². The molecule has 5 rings (SSSR count). The van der Waals surface area contributed by atoms with Gasteiger partial charge in [-0.05, 0) is 44.5 Å². The van der Waals surface area contributed by atoms with E-state index >= 15 is 0 Å². The molecule has 172 valence electrons. The minimum absolute atomic E-state index is 0.107. The normalized spacial score (nSPS) is 12.2. The number of fused-ring (bicyclic) bond motifs is 2. The van der Waals surface area contributed by atoms with Gasteiger partial charge in [-0.25, -0.2) is 9.97 Å². The first-order valence-corrected chi connectivity index (χ1v) is 10.9. The number of H-pyrrole nitrogens is 1. The molecule has 1 atom stereocenters. The van der Waals surface area contributed by atoms with Crippen molar-refractivity contribution in [1.82, 2.24) is 29.5 Å². The number of aryl methyl sites for hydroxylation is 1. The van der Waals surface area contributed by atoms with Crippen LogP contribution in [0.15, 0.2) is 53.6 Å². The third-order valence-electron chi connectivity index (χ3n) is 5.56. The molecule has 0 spiro atoms. The van der Waals surface area contributed by atoms with E-state index in [1.807, 2.05) is 63.2 Å². The maximum absolute atomic E-state index is 13.8. The molecule has 0 fully saturated rings. The highest BCUT2D eigenvalue weighted by Gasteiger charge is 2.21. The Kier molecular flexibility index (Phi) is 5.33. The second kappa shape index (κ2) is 8.47. The van der Waals surface area contributed by atoms with Crippen LogP contribution in [0, 0.1) is 6.92 Å². The quantitative estimate of drug-likeness (QED) is 0.353. The average molecular weight is 457 g/mol. The molecule has 0 aliphatic heterocycles. The SMILES string of the molecule is CCOc1cccc(-n2c(C(C)Nc3nc(N)nc4[nH]cnc34)nc3cccc(C)c3c2=O)c1. The first-order chi connectivity index (χ1) is 16.5. The summed E-state index contributed by atoms with van der Waals surface area (Å²) in [5.41, 5.74) is 8.93. The van der Waals surface area contributed by atoms with Gasteiger partial charge in [0, 0.05) is 6.07 Å². The summed E-state index contributed by atoms with van der Waals surface area (Å²) in [5.74, 6) is 1.74. The maximum atomic E-state index is 13.8. The van der Waals surface area contributed by atoms with Crippen molar-refractivity contribution in [3.8, 4) is 11.4 Å². The fourth-order valence-electron chi connectivity index (χ4n) is 4.06. The van der Waals surface area contributed by atoms with Crippen molar-refractivity contribution in [2.24, 2.45) is 0 Å². The molecule has 3 aromatic heterocycles. The van der Waals surface area contributed by atoms with Crippen molar-refractivity contribution < 1.29 is 4.74 Å². The van der Waals surface area contributed by atoms with Gasteiger partial charge in [0.15, 0.2) is 11.5 Å². The highest BCUT2D eigenvalue weighted by molar-refractivity contribution is 5.84. The Hall–Kier alpha value is -4.47. The summed E-state index contributed by atoms with van der Waals surface area (Å²) in [4.78, 5) is 34.4. The standard InChI is InChI=1S/C24H24N8O2/c1-4-34-16-9-6-8-15(11-16)32-22(29-17-10-5-7-13(2)18(17)23(32)33)14(3)28-21-19-20(27-12-26-19)30-24(25)31-21/h5-12,14H,4H2,1-3H3,(H4,25,26,27,28,30,31). The van der Waals surface area contributed by atoms with E-state index in [1.54, 1.807) is 4.57 Å². The van der Waals surface area contributed by atoms with Gasteiger partial charge in [-0.2, -0.15) is 9.97 Å². The number of anilines is 2. The van der Waals surface area contributed by atoms with Gasteiger partial charge in [0.05, 0.1) is 35.6 Å². The highest BCUT2D eigenvalue weighted by atomic mass is 16.5. The predicted octanol–water partition coefficient (Wildman–Crippen LogP) is 3.51. The monoisotopic (exact) mass is 456 g/mol. The van der Waals surface area contributed by atoms with Gasteiger partial charge in [-0.1, -0.05) is 18.2 Å². The largest absolute Gasteiger partial charge is 0.494 e. The lowest BCUT2D eigenvalue weighted by Crippen LogP contribution is -2.28. The molecule has 34 heavy (non-hydrogen) atoms. The number of rotatable bonds is 6. The lowest BCUT2D eigenvalue weighted by molar-refractivity contribution is 0.340. The zero-order valence-corrected chi connectivity index (χ0v) is 19.0. The molecule has 1 unspecified atom stereocenters. The number of benzene rings is 2. The molecule has 0 aliphatic rings. The molecule has 0 radical (unpaired) electrons. The molecule has 3 heterocycles. The van der Waals surface area contributed by atoms with E-state index in [2.05, 4.69) is 25.3 Å². The van der Waals surface area contributed by atoms with Gasteiger partial charge in [0.25, 0.3) is 5.56 Å².